The van der Waals surface area contributed by atoms with Gasteiger partial charge in [-0.15, -0.1) is 5.10 Å². The number of alkyl halides is 3. The number of unbranched alkanes of at least 4 members (excludes halogenated alkanes) is 2. The number of hydrogen-bond donors (Lipinski definition) is 4. The van der Waals surface area contributed by atoms with Crippen molar-refractivity contribution in [2.24, 2.45) is 0 Å². The number of halogens is 6. The van der Waals surface area contributed by atoms with Gasteiger partial charge in [-0.25, -0.2) is 18.5 Å². The molecule has 4 N–H and O–H groups in total. The fourth-order valence-corrected chi connectivity index (χ4v) is 6.86. The molecular weight excluding hydrogens is 912 g/mol. The second-order valence-electron chi connectivity index (χ2n) is 13.7. The molecule has 0 saturated carbocycles. The molecular formula is C38H44ClF5N5O12PS. The third-order valence-electron chi connectivity index (χ3n) is 8.44. The Morgan fingerprint density at radius 3 is 2.13 bits per heavy atom. The lowest BCUT2D eigenvalue weighted by Crippen LogP contribution is -2.40. The first-order valence-electron chi connectivity index (χ1n) is 19.0. The maximum Gasteiger partial charge on any atom is 0.445 e. The number of carbonyl (C=O) groups excluding carboxylic acids is 4. The summed E-state index contributed by atoms with van der Waals surface area (Å²) >= 11 is 6.23. The molecule has 346 valence electrons. The van der Waals surface area contributed by atoms with E-state index in [-0.39, 0.29) is 39.0 Å². The van der Waals surface area contributed by atoms with Gasteiger partial charge in [0.25, 0.3) is 22.9 Å². The maximum atomic E-state index is 14.5. The van der Waals surface area contributed by atoms with Crippen LogP contribution in [-0.4, -0.2) is 93.4 Å². The van der Waals surface area contributed by atoms with E-state index in [9.17, 15) is 50.5 Å². The minimum absolute atomic E-state index is 0.000883. The van der Waals surface area contributed by atoms with Crippen molar-refractivity contribution in [3.63, 3.8) is 0 Å². The first kappa shape index (κ1) is 52.3. The van der Waals surface area contributed by atoms with Crippen molar-refractivity contribution >= 4 is 71.6 Å². The van der Waals surface area contributed by atoms with Gasteiger partial charge < -0.3 is 34.0 Å². The van der Waals surface area contributed by atoms with Crippen LogP contribution < -0.4 is 24.6 Å². The van der Waals surface area contributed by atoms with Gasteiger partial charge in [0.1, 0.15) is 17.4 Å². The van der Waals surface area contributed by atoms with Crippen LogP contribution in [0.5, 0.6) is 10.9 Å². The van der Waals surface area contributed by atoms with E-state index in [4.69, 9.17) is 40.7 Å². The number of aliphatic carboxylic acids is 1. The summed E-state index contributed by atoms with van der Waals surface area (Å²) < 4.78 is 90.3. The van der Waals surface area contributed by atoms with Crippen molar-refractivity contribution in [3.05, 3.63) is 69.2 Å². The van der Waals surface area contributed by atoms with E-state index < -0.39 is 86.1 Å². The second kappa shape index (κ2) is 24.1. The molecule has 5 rings (SSSR count). The quantitative estimate of drug-likeness (QED) is 0.0365. The number of carboxylic acids is 1. The summed E-state index contributed by atoms with van der Waals surface area (Å²) in [5.41, 5.74) is 1.13. The number of anilines is 2. The highest BCUT2D eigenvalue weighted by Gasteiger charge is 2.41. The lowest BCUT2D eigenvalue weighted by molar-refractivity contribution is -0.146. The van der Waals surface area contributed by atoms with E-state index in [0.29, 0.717) is 36.3 Å². The number of ether oxygens (including phenoxy) is 3. The Bertz CT molecular complexity index is 2140. The summed E-state index contributed by atoms with van der Waals surface area (Å²) in [5, 5.41) is 14.7. The van der Waals surface area contributed by atoms with E-state index in [2.05, 4.69) is 15.5 Å². The van der Waals surface area contributed by atoms with E-state index in [1.807, 2.05) is 6.92 Å². The number of nitrogens with one attached hydrogen (secondary N) is 1. The molecule has 0 fully saturated rings. The third-order valence-corrected chi connectivity index (χ3v) is 10.3. The van der Waals surface area contributed by atoms with Gasteiger partial charge in [-0.1, -0.05) is 47.8 Å². The fraction of sp³-hybridized carbons (Fsp3) is 0.447. The number of imide groups is 1. The van der Waals surface area contributed by atoms with Crippen LogP contribution in [0.2, 0.25) is 5.02 Å². The van der Waals surface area contributed by atoms with Crippen molar-refractivity contribution in [2.75, 3.05) is 42.5 Å². The summed E-state index contributed by atoms with van der Waals surface area (Å²) in [6.45, 7) is 4.47. The van der Waals surface area contributed by atoms with Crippen LogP contribution in [0, 0.1) is 11.6 Å². The van der Waals surface area contributed by atoms with Gasteiger partial charge in [0, 0.05) is 28.9 Å². The van der Waals surface area contributed by atoms with E-state index >= 15 is 0 Å². The molecule has 0 spiro atoms. The van der Waals surface area contributed by atoms with Crippen LogP contribution in [-0.2, 0) is 39.5 Å². The fourth-order valence-electron chi connectivity index (χ4n) is 5.69. The molecule has 0 bridgehead atoms. The monoisotopic (exact) mass is 955 g/mol. The van der Waals surface area contributed by atoms with E-state index in [1.165, 1.54) is 35.2 Å². The third kappa shape index (κ3) is 16.5. The van der Waals surface area contributed by atoms with Gasteiger partial charge in [0.15, 0.2) is 13.2 Å². The number of carboxylic acid groups (broad SMARTS) is 1. The molecule has 25 heteroatoms. The van der Waals surface area contributed by atoms with Crippen molar-refractivity contribution in [1.29, 1.82) is 0 Å². The molecule has 3 aromatic rings. The number of aromatic nitrogens is 2. The lowest BCUT2D eigenvalue weighted by Gasteiger charge is -2.26. The number of amides is 3. The number of carbonyl (C=O) groups is 5. The average Bonchev–Trinajstić information content (AvgIpc) is 3.79. The van der Waals surface area contributed by atoms with Gasteiger partial charge >= 0.3 is 25.7 Å². The molecule has 1 aromatic heterocycles. The highest BCUT2D eigenvalue weighted by molar-refractivity contribution is 7.51. The number of rotatable bonds is 17. The normalized spacial score (nSPS) is 13.7. The average molecular weight is 956 g/mol. The molecule has 17 nitrogen and oxygen atoms in total. The Morgan fingerprint density at radius 1 is 0.984 bits per heavy atom. The summed E-state index contributed by atoms with van der Waals surface area (Å²) in [7, 11) is -4.10. The topological polar surface area (TPSA) is 235 Å². The molecule has 0 atom stereocenters. The standard InChI is InChI=1S/C21H23ClFNO5.C14H13F4N3O2S.C3H8NO5P/c1-2-3-6-9-28-19(25)12-29-18-11-17(16(23)10-15(18)22)24-20(26)13-7-4-5-8-14(13)21(24)27;1-8(2)21(10-5-3-9(15)4-6-10)11(22)7-23-13-20-19-12(24-13)14(16,17)18;5-3(6)1-4-2-10(7,8)9/h10-11H,2-9,12H2,1H3;3-6,8H,7H2,1-2H3;4H,1-2H2,(H,5,6)(H2,7,8,9). The first-order valence-corrected chi connectivity index (χ1v) is 22.0. The van der Waals surface area contributed by atoms with E-state index in [1.54, 1.807) is 13.8 Å². The number of esters is 1. The van der Waals surface area contributed by atoms with Crippen molar-refractivity contribution in [2.45, 2.75) is 77.9 Å². The van der Waals surface area contributed by atoms with Crippen LogP contribution in [0.4, 0.5) is 33.3 Å². The summed E-state index contributed by atoms with van der Waals surface area (Å²) in [5.74, 6) is -4.49. The van der Waals surface area contributed by atoms with Crippen LogP contribution in [0.1, 0.15) is 70.7 Å². The zero-order valence-electron chi connectivity index (χ0n) is 34.0. The predicted molar refractivity (Wildman–Crippen MR) is 217 cm³/mol. The minimum Gasteiger partial charge on any atom is -0.480 e. The highest BCUT2D eigenvalue weighted by atomic mass is 35.5. The Hall–Kier alpha value is -5.06. The molecule has 0 radical (unpaired) electrons. The lowest BCUT2D eigenvalue weighted by atomic mass is 9.93. The van der Waals surface area contributed by atoms with Crippen molar-refractivity contribution in [3.8, 4) is 10.9 Å². The predicted octanol–water partition coefficient (Wildman–Crippen LogP) is 6.65. The zero-order chi connectivity index (χ0) is 47.1. The first-order chi connectivity index (χ1) is 29.5. The minimum atomic E-state index is -4.61. The Kier molecular flexibility index (Phi) is 20.0. The highest BCUT2D eigenvalue weighted by Crippen LogP contribution is 2.40. The smallest absolute Gasteiger partial charge is 0.445 e. The molecule has 1 aliphatic heterocycles. The molecule has 63 heavy (non-hydrogen) atoms. The zero-order valence-corrected chi connectivity index (χ0v) is 36.4. The largest absolute Gasteiger partial charge is 0.480 e. The van der Waals surface area contributed by atoms with Gasteiger partial charge in [0.05, 0.1) is 30.1 Å². The molecule has 1 aliphatic carbocycles. The SMILES string of the molecule is CC(C)N(C(=O)COc1nnc(C(F)(F)F)s1)c1ccc(F)cc1.CCCCCOC(=O)COc1cc(N2C(=O)C3=C(CCCC3)C2=O)c(F)cc1Cl.O=C(O)CNCP(=O)(O)O. The van der Waals surface area contributed by atoms with Gasteiger partial charge in [-0.2, -0.15) is 13.2 Å². The van der Waals surface area contributed by atoms with Crippen LogP contribution in [0.15, 0.2) is 47.5 Å². The second-order valence-corrected chi connectivity index (χ2v) is 16.7. The molecule has 2 heterocycles. The van der Waals surface area contributed by atoms with E-state index in [0.717, 1.165) is 43.1 Å². The molecule has 0 saturated heterocycles. The van der Waals surface area contributed by atoms with Crippen molar-refractivity contribution < 1.29 is 79.6 Å². The van der Waals surface area contributed by atoms with Crippen LogP contribution in [0.25, 0.3) is 0 Å². The number of nitrogens with zero attached hydrogens (tertiary/aromatic N) is 4. The van der Waals surface area contributed by atoms with Crippen molar-refractivity contribution in [1.82, 2.24) is 15.5 Å². The molecule has 2 aromatic carbocycles. The summed E-state index contributed by atoms with van der Waals surface area (Å²) in [4.78, 5) is 77.7. The van der Waals surface area contributed by atoms with Gasteiger partial charge in [-0.3, -0.25) is 29.1 Å². The number of benzene rings is 2. The molecule has 2 aliphatic rings. The number of hydrogen-bond acceptors (Lipinski definition) is 13. The Balaban J connectivity index is 0.000000280. The Morgan fingerprint density at radius 2 is 1.60 bits per heavy atom. The molecule has 0 unspecified atom stereocenters. The van der Waals surface area contributed by atoms with Gasteiger partial charge in [0.2, 0.25) is 5.01 Å². The van der Waals surface area contributed by atoms with Crippen LogP contribution >= 0.6 is 30.5 Å². The summed E-state index contributed by atoms with van der Waals surface area (Å²) in [6, 6.07) is 7.16. The Labute approximate surface area is 366 Å². The summed E-state index contributed by atoms with van der Waals surface area (Å²) in [6.07, 6.45) is 0.192. The molecule has 3 amide bonds. The van der Waals surface area contributed by atoms with Crippen LogP contribution in [0.3, 0.4) is 0 Å². The maximum absolute atomic E-state index is 14.5. The van der Waals surface area contributed by atoms with Gasteiger partial charge in [-0.05, 0) is 76.3 Å².